The van der Waals surface area contributed by atoms with Crippen LogP contribution in [0.4, 0.5) is 5.69 Å². The summed E-state index contributed by atoms with van der Waals surface area (Å²) in [5, 5.41) is 4.08. The van der Waals surface area contributed by atoms with E-state index in [1.54, 1.807) is 12.1 Å². The highest BCUT2D eigenvalue weighted by Gasteiger charge is 2.33. The van der Waals surface area contributed by atoms with Crippen molar-refractivity contribution in [3.8, 4) is 0 Å². The van der Waals surface area contributed by atoms with Gasteiger partial charge in [0, 0.05) is 5.02 Å². The molecule has 1 aliphatic heterocycles. The maximum Gasteiger partial charge on any atom is 0.228 e. The minimum absolute atomic E-state index is 0.0970. The molecule has 1 N–H and O–H groups in total. The third kappa shape index (κ3) is 2.95. The standard InChI is InChI=1S/C16H12Cl2N2OS/c17-11-6-7-13(12(18)8-11)20-14(9-15(21)19-16(20)22)10-4-2-1-3-5-10/h1-8,14H,9H2,(H,19,21,22)/t14-/m1/s1. The molecule has 0 bridgehead atoms. The summed E-state index contributed by atoms with van der Waals surface area (Å²) < 4.78 is 0. The first kappa shape index (κ1) is 15.3. The van der Waals surface area contributed by atoms with E-state index in [0.29, 0.717) is 21.6 Å². The zero-order valence-corrected chi connectivity index (χ0v) is 13.8. The second-order valence-corrected chi connectivity index (χ2v) is 6.18. The van der Waals surface area contributed by atoms with Crippen molar-refractivity contribution >= 4 is 52.1 Å². The molecule has 3 nitrogen and oxygen atoms in total. The molecule has 1 heterocycles. The molecule has 0 radical (unpaired) electrons. The molecule has 1 amide bonds. The highest BCUT2D eigenvalue weighted by molar-refractivity contribution is 7.80. The Labute approximate surface area is 143 Å². The SMILES string of the molecule is O=C1C[C@H](c2ccccc2)N(c2ccc(Cl)cc2Cl)C(=S)N1. The summed E-state index contributed by atoms with van der Waals surface area (Å²) in [5.41, 5.74) is 1.73. The Hall–Kier alpha value is -1.62. The van der Waals surface area contributed by atoms with E-state index in [1.807, 2.05) is 41.3 Å². The van der Waals surface area contributed by atoms with Gasteiger partial charge < -0.3 is 10.2 Å². The molecular formula is C16H12Cl2N2OS. The number of anilines is 1. The fourth-order valence-corrected chi connectivity index (χ4v) is 3.37. The molecular weight excluding hydrogens is 339 g/mol. The highest BCUT2D eigenvalue weighted by Crippen LogP contribution is 2.37. The van der Waals surface area contributed by atoms with E-state index < -0.39 is 0 Å². The van der Waals surface area contributed by atoms with Gasteiger partial charge in [0.15, 0.2) is 5.11 Å². The van der Waals surface area contributed by atoms with Crippen LogP contribution < -0.4 is 10.2 Å². The van der Waals surface area contributed by atoms with Gasteiger partial charge in [0.05, 0.1) is 23.2 Å². The number of benzene rings is 2. The lowest BCUT2D eigenvalue weighted by Gasteiger charge is -2.38. The molecule has 0 saturated carbocycles. The number of nitrogens with one attached hydrogen (secondary N) is 1. The van der Waals surface area contributed by atoms with Crippen molar-refractivity contribution in [2.75, 3.05) is 4.90 Å². The van der Waals surface area contributed by atoms with Crippen LogP contribution in [0, 0.1) is 0 Å². The summed E-state index contributed by atoms with van der Waals surface area (Å²) in [4.78, 5) is 13.8. The molecule has 0 spiro atoms. The summed E-state index contributed by atoms with van der Waals surface area (Å²) in [6, 6.07) is 14.8. The van der Waals surface area contributed by atoms with E-state index in [0.717, 1.165) is 11.3 Å². The van der Waals surface area contributed by atoms with Crippen LogP contribution in [0.3, 0.4) is 0 Å². The molecule has 2 aromatic carbocycles. The minimum Gasteiger partial charge on any atom is -0.309 e. The highest BCUT2D eigenvalue weighted by atomic mass is 35.5. The number of hydrogen-bond acceptors (Lipinski definition) is 2. The van der Waals surface area contributed by atoms with E-state index in [2.05, 4.69) is 5.32 Å². The quantitative estimate of drug-likeness (QED) is 0.817. The molecule has 0 unspecified atom stereocenters. The Balaban J connectivity index is 2.08. The Morgan fingerprint density at radius 3 is 2.55 bits per heavy atom. The third-order valence-corrected chi connectivity index (χ3v) is 4.35. The van der Waals surface area contributed by atoms with Crippen LogP contribution in [0.15, 0.2) is 48.5 Å². The van der Waals surface area contributed by atoms with Crippen LogP contribution in [0.2, 0.25) is 10.0 Å². The minimum atomic E-state index is -0.193. The zero-order valence-electron chi connectivity index (χ0n) is 11.4. The van der Waals surface area contributed by atoms with Crippen LogP contribution in [-0.2, 0) is 4.79 Å². The first-order valence-corrected chi connectivity index (χ1v) is 7.85. The van der Waals surface area contributed by atoms with Crippen molar-refractivity contribution in [2.45, 2.75) is 12.5 Å². The summed E-state index contributed by atoms with van der Waals surface area (Å²) in [6.45, 7) is 0. The Morgan fingerprint density at radius 2 is 1.86 bits per heavy atom. The topological polar surface area (TPSA) is 32.3 Å². The van der Waals surface area contributed by atoms with Crippen molar-refractivity contribution in [1.82, 2.24) is 5.32 Å². The molecule has 3 rings (SSSR count). The zero-order chi connectivity index (χ0) is 15.7. The lowest BCUT2D eigenvalue weighted by atomic mass is 9.99. The van der Waals surface area contributed by atoms with E-state index in [1.165, 1.54) is 0 Å². The fourth-order valence-electron chi connectivity index (χ4n) is 2.53. The fraction of sp³-hybridized carbons (Fsp3) is 0.125. The summed E-state index contributed by atoms with van der Waals surface area (Å²) in [6.07, 6.45) is 0.309. The Kier molecular flexibility index (Phi) is 4.34. The van der Waals surface area contributed by atoms with E-state index in [9.17, 15) is 4.79 Å². The Morgan fingerprint density at radius 1 is 1.14 bits per heavy atom. The largest absolute Gasteiger partial charge is 0.309 e. The van der Waals surface area contributed by atoms with Crippen LogP contribution in [0.5, 0.6) is 0 Å². The lowest BCUT2D eigenvalue weighted by Crippen LogP contribution is -2.51. The number of thiocarbonyl (C=S) groups is 1. The predicted octanol–water partition coefficient (Wildman–Crippen LogP) is 4.35. The molecule has 0 aromatic heterocycles. The van der Waals surface area contributed by atoms with Gasteiger partial charge in [-0.25, -0.2) is 0 Å². The first-order chi connectivity index (χ1) is 10.6. The molecule has 2 aromatic rings. The molecule has 1 aliphatic rings. The van der Waals surface area contributed by atoms with Crippen LogP contribution in [0.25, 0.3) is 0 Å². The van der Waals surface area contributed by atoms with Gasteiger partial charge in [-0.2, -0.15) is 0 Å². The Bertz CT molecular complexity index is 736. The van der Waals surface area contributed by atoms with Crippen LogP contribution >= 0.6 is 35.4 Å². The molecule has 0 aliphatic carbocycles. The monoisotopic (exact) mass is 350 g/mol. The normalized spacial score (nSPS) is 18.3. The summed E-state index contributed by atoms with van der Waals surface area (Å²) in [5.74, 6) is -0.0970. The van der Waals surface area contributed by atoms with E-state index in [4.69, 9.17) is 35.4 Å². The van der Waals surface area contributed by atoms with Gasteiger partial charge in [0.25, 0.3) is 0 Å². The smallest absolute Gasteiger partial charge is 0.228 e. The molecule has 1 atom stereocenters. The maximum atomic E-state index is 11.9. The van der Waals surface area contributed by atoms with Gasteiger partial charge in [-0.3, -0.25) is 4.79 Å². The van der Waals surface area contributed by atoms with Crippen LogP contribution in [-0.4, -0.2) is 11.0 Å². The first-order valence-electron chi connectivity index (χ1n) is 6.69. The maximum absolute atomic E-state index is 11.9. The number of halogens is 2. The second-order valence-electron chi connectivity index (χ2n) is 4.95. The lowest BCUT2D eigenvalue weighted by molar-refractivity contribution is -0.120. The molecule has 1 saturated heterocycles. The number of amides is 1. The van der Waals surface area contributed by atoms with E-state index >= 15 is 0 Å². The van der Waals surface area contributed by atoms with E-state index in [-0.39, 0.29) is 11.9 Å². The summed E-state index contributed by atoms with van der Waals surface area (Å²) >= 11 is 17.6. The number of hydrogen-bond donors (Lipinski definition) is 1. The number of rotatable bonds is 2. The average molecular weight is 351 g/mol. The van der Waals surface area contributed by atoms with Crippen molar-refractivity contribution < 1.29 is 4.79 Å². The van der Waals surface area contributed by atoms with Crippen molar-refractivity contribution in [3.63, 3.8) is 0 Å². The van der Waals surface area contributed by atoms with Gasteiger partial charge in [-0.05, 0) is 36.0 Å². The number of nitrogens with zero attached hydrogens (tertiary/aromatic N) is 1. The van der Waals surface area contributed by atoms with Gasteiger partial charge in [0.1, 0.15) is 0 Å². The number of carbonyl (C=O) groups excluding carboxylic acids is 1. The predicted molar refractivity (Wildman–Crippen MR) is 93.5 cm³/mol. The second kappa shape index (κ2) is 6.24. The van der Waals surface area contributed by atoms with Gasteiger partial charge in [-0.1, -0.05) is 53.5 Å². The van der Waals surface area contributed by atoms with Crippen molar-refractivity contribution in [2.24, 2.45) is 0 Å². The molecule has 22 heavy (non-hydrogen) atoms. The third-order valence-electron chi connectivity index (χ3n) is 3.51. The van der Waals surface area contributed by atoms with Crippen molar-refractivity contribution in [3.05, 3.63) is 64.1 Å². The van der Waals surface area contributed by atoms with Crippen molar-refractivity contribution in [1.29, 1.82) is 0 Å². The molecule has 1 fully saturated rings. The molecule has 6 heteroatoms. The van der Waals surface area contributed by atoms with Gasteiger partial charge in [0.2, 0.25) is 5.91 Å². The summed E-state index contributed by atoms with van der Waals surface area (Å²) in [7, 11) is 0. The van der Waals surface area contributed by atoms with Crippen LogP contribution in [0.1, 0.15) is 18.0 Å². The molecule has 112 valence electrons. The average Bonchev–Trinajstić information content (AvgIpc) is 2.49. The van der Waals surface area contributed by atoms with Gasteiger partial charge >= 0.3 is 0 Å². The number of carbonyl (C=O) groups is 1. The van der Waals surface area contributed by atoms with Gasteiger partial charge in [-0.15, -0.1) is 0 Å².